The predicted molar refractivity (Wildman–Crippen MR) is 149 cm³/mol. The molecule has 2 N–H and O–H groups in total. The van der Waals surface area contributed by atoms with Crippen LogP contribution in [0.1, 0.15) is 38.7 Å². The minimum Gasteiger partial charge on any atom is -0.508 e. The summed E-state index contributed by atoms with van der Waals surface area (Å²) in [7, 11) is 0. The molecule has 2 atom stereocenters. The molecule has 0 bridgehead atoms. The van der Waals surface area contributed by atoms with Gasteiger partial charge in [-0.1, -0.05) is 26.0 Å². The maximum absolute atomic E-state index is 15.0. The van der Waals surface area contributed by atoms with Gasteiger partial charge in [0.15, 0.2) is 0 Å². The second-order valence-corrected chi connectivity index (χ2v) is 11.4. The summed E-state index contributed by atoms with van der Waals surface area (Å²) >= 11 is 0. The van der Waals surface area contributed by atoms with Crippen LogP contribution < -0.4 is 15.7 Å². The van der Waals surface area contributed by atoms with Crippen molar-refractivity contribution in [2.75, 3.05) is 31.6 Å². The highest BCUT2D eigenvalue weighted by Crippen LogP contribution is 2.41. The number of rotatable bonds is 7. The van der Waals surface area contributed by atoms with Crippen molar-refractivity contribution in [3.05, 3.63) is 52.1 Å². The zero-order chi connectivity index (χ0) is 28.2. The van der Waals surface area contributed by atoms with Gasteiger partial charge in [0, 0.05) is 36.0 Å². The molecular formula is C30H32F2N4O4. The van der Waals surface area contributed by atoms with Crippen molar-refractivity contribution < 1.29 is 23.0 Å². The quantitative estimate of drug-likeness (QED) is 0.308. The van der Waals surface area contributed by atoms with Crippen LogP contribution in [0.3, 0.4) is 0 Å². The summed E-state index contributed by atoms with van der Waals surface area (Å²) in [5, 5.41) is 14.4. The molecule has 2 aliphatic rings. The van der Waals surface area contributed by atoms with Crippen LogP contribution >= 0.6 is 0 Å². The monoisotopic (exact) mass is 550 g/mol. The third-order valence-corrected chi connectivity index (χ3v) is 8.05. The Balaban J connectivity index is 1.49. The number of aromatic nitrogens is 2. The number of hydrogen-bond donors (Lipinski definition) is 2. The van der Waals surface area contributed by atoms with Gasteiger partial charge < -0.3 is 19.6 Å². The molecular weight excluding hydrogens is 518 g/mol. The molecule has 4 aromatic rings. The highest BCUT2D eigenvalue weighted by Gasteiger charge is 2.49. The van der Waals surface area contributed by atoms with E-state index >= 15 is 4.39 Å². The van der Waals surface area contributed by atoms with Crippen molar-refractivity contribution >= 4 is 27.5 Å². The van der Waals surface area contributed by atoms with Gasteiger partial charge in [-0.25, -0.2) is 13.6 Å². The Kier molecular flexibility index (Phi) is 6.60. The normalized spacial score (nSPS) is 21.0. The lowest BCUT2D eigenvalue weighted by Gasteiger charge is -2.30. The Morgan fingerprint density at radius 2 is 2.10 bits per heavy atom. The van der Waals surface area contributed by atoms with Crippen molar-refractivity contribution in [1.82, 2.24) is 14.9 Å². The molecule has 0 saturated carbocycles. The minimum atomic E-state index is -0.892. The van der Waals surface area contributed by atoms with E-state index in [4.69, 9.17) is 9.15 Å². The van der Waals surface area contributed by atoms with E-state index < -0.39 is 23.2 Å². The average Bonchev–Trinajstić information content (AvgIpc) is 3.43. The molecule has 2 aliphatic heterocycles. The van der Waals surface area contributed by atoms with Gasteiger partial charge in [0.1, 0.15) is 41.3 Å². The van der Waals surface area contributed by atoms with E-state index in [0.717, 1.165) is 19.4 Å². The number of hydrogen-bond acceptors (Lipinski definition) is 8. The molecule has 2 aromatic carbocycles. The average molecular weight is 551 g/mol. The van der Waals surface area contributed by atoms with Gasteiger partial charge in [-0.05, 0) is 55.8 Å². The summed E-state index contributed by atoms with van der Waals surface area (Å²) in [5.41, 5.74) is -0.0847. The van der Waals surface area contributed by atoms with Crippen molar-refractivity contribution in [2.24, 2.45) is 5.92 Å². The van der Waals surface area contributed by atoms with Crippen molar-refractivity contribution in [1.29, 1.82) is 0 Å². The highest BCUT2D eigenvalue weighted by molar-refractivity contribution is 6.00. The zero-order valence-corrected chi connectivity index (χ0v) is 22.8. The number of nitrogens with one attached hydrogen (secondary N) is 1. The second kappa shape index (κ2) is 9.99. The topological polar surface area (TPSA) is 101 Å². The van der Waals surface area contributed by atoms with E-state index in [0.29, 0.717) is 36.0 Å². The van der Waals surface area contributed by atoms with Crippen molar-refractivity contribution in [2.45, 2.75) is 51.7 Å². The van der Waals surface area contributed by atoms with E-state index in [1.54, 1.807) is 19.1 Å². The summed E-state index contributed by atoms with van der Waals surface area (Å²) in [4.78, 5) is 24.7. The summed E-state index contributed by atoms with van der Waals surface area (Å²) < 4.78 is 41.2. The number of aryl methyl sites for hydroxylation is 1. The van der Waals surface area contributed by atoms with Crippen LogP contribution in [-0.4, -0.2) is 57.9 Å². The number of ether oxygens (including phenoxy) is 1. The molecule has 40 heavy (non-hydrogen) atoms. The molecule has 4 heterocycles. The highest BCUT2D eigenvalue weighted by atomic mass is 19.1. The first-order chi connectivity index (χ1) is 19.1. The molecule has 210 valence electrons. The number of alkyl halides is 1. The van der Waals surface area contributed by atoms with Gasteiger partial charge in [0.2, 0.25) is 0 Å². The van der Waals surface area contributed by atoms with E-state index in [-0.39, 0.29) is 52.2 Å². The smallest absolute Gasteiger partial charge is 0.349 e. The van der Waals surface area contributed by atoms with Crippen molar-refractivity contribution in [3.8, 4) is 23.1 Å². The maximum atomic E-state index is 15.0. The van der Waals surface area contributed by atoms with Crippen LogP contribution in [0, 0.1) is 18.7 Å². The SMILES string of the molecule is Cc1c(-c2cc(O)cc3cccc(F)c23)oc(=O)c2c(NCC(C)C)nc(OC[C@@]34CCCN3C[C@H](F)C4)nc12. The first-order valence-electron chi connectivity index (χ1n) is 13.7. The van der Waals surface area contributed by atoms with Gasteiger partial charge in [0.05, 0.1) is 11.1 Å². The number of phenols is 1. The lowest BCUT2D eigenvalue weighted by atomic mass is 9.95. The van der Waals surface area contributed by atoms with E-state index in [1.165, 1.54) is 18.2 Å². The van der Waals surface area contributed by atoms with Crippen molar-refractivity contribution in [3.63, 3.8) is 0 Å². The van der Waals surface area contributed by atoms with Crippen LogP contribution in [0.2, 0.25) is 0 Å². The van der Waals surface area contributed by atoms with Crippen LogP contribution in [-0.2, 0) is 0 Å². The van der Waals surface area contributed by atoms with Gasteiger partial charge in [-0.15, -0.1) is 0 Å². The Labute approximate surface area is 230 Å². The molecule has 2 saturated heterocycles. The fourth-order valence-electron chi connectivity index (χ4n) is 6.18. The Bertz CT molecular complexity index is 1670. The lowest BCUT2D eigenvalue weighted by molar-refractivity contribution is 0.107. The number of anilines is 1. The van der Waals surface area contributed by atoms with Gasteiger partial charge in [0.25, 0.3) is 0 Å². The number of nitrogens with zero attached hydrogens (tertiary/aromatic N) is 3. The van der Waals surface area contributed by atoms with Gasteiger partial charge in [-0.2, -0.15) is 9.97 Å². The van der Waals surface area contributed by atoms with Gasteiger partial charge in [-0.3, -0.25) is 4.90 Å². The van der Waals surface area contributed by atoms with Crippen LogP contribution in [0.4, 0.5) is 14.6 Å². The number of benzene rings is 2. The molecule has 8 nitrogen and oxygen atoms in total. The third-order valence-electron chi connectivity index (χ3n) is 8.05. The third kappa shape index (κ3) is 4.54. The molecule has 6 rings (SSSR count). The summed E-state index contributed by atoms with van der Waals surface area (Å²) in [6.45, 7) is 7.80. The number of aromatic hydroxyl groups is 1. The Morgan fingerprint density at radius 1 is 1.27 bits per heavy atom. The molecule has 0 amide bonds. The molecule has 0 unspecified atom stereocenters. The van der Waals surface area contributed by atoms with E-state index in [2.05, 4.69) is 20.2 Å². The Morgan fingerprint density at radius 3 is 2.90 bits per heavy atom. The molecule has 2 fully saturated rings. The van der Waals surface area contributed by atoms with Crippen LogP contribution in [0.25, 0.3) is 33.0 Å². The number of halogens is 2. The molecule has 0 radical (unpaired) electrons. The van der Waals surface area contributed by atoms with E-state index in [1.807, 2.05) is 13.8 Å². The van der Waals surface area contributed by atoms with Crippen LogP contribution in [0.5, 0.6) is 11.8 Å². The Hall–Kier alpha value is -3.79. The minimum absolute atomic E-state index is 0.0638. The fraction of sp³-hybridized carbons (Fsp3) is 0.433. The predicted octanol–water partition coefficient (Wildman–Crippen LogP) is 5.58. The van der Waals surface area contributed by atoms with Crippen LogP contribution in [0.15, 0.2) is 39.5 Å². The van der Waals surface area contributed by atoms with E-state index in [9.17, 15) is 14.3 Å². The summed E-state index contributed by atoms with van der Waals surface area (Å²) in [6, 6.07) is 7.43. The molecule has 2 aromatic heterocycles. The molecule has 10 heteroatoms. The number of fused-ring (bicyclic) bond motifs is 3. The largest absolute Gasteiger partial charge is 0.508 e. The summed E-state index contributed by atoms with van der Waals surface area (Å²) in [5.74, 6) is 0.0293. The standard InChI is InChI=1S/C30H32F2N4O4/c1-16(2)13-33-27-24-25(34-29(35-27)39-15-30-8-5-9-36(30)14-19(31)12-30)17(3)26(40-28(24)38)21-11-20(37)10-18-6-4-7-22(32)23(18)21/h4,6-7,10-11,16,19,37H,5,8-9,12-15H2,1-3H3,(H,33,34,35)/t19-,30+/m1/s1. The molecule has 0 spiro atoms. The fourth-order valence-corrected chi connectivity index (χ4v) is 6.18. The number of phenolic OH excluding ortho intramolecular Hbond substituents is 1. The maximum Gasteiger partial charge on any atom is 0.349 e. The lowest BCUT2D eigenvalue weighted by Crippen LogP contribution is -2.43. The first kappa shape index (κ1) is 26.4. The second-order valence-electron chi connectivity index (χ2n) is 11.4. The van der Waals surface area contributed by atoms with Gasteiger partial charge >= 0.3 is 11.6 Å². The molecule has 0 aliphatic carbocycles. The first-order valence-corrected chi connectivity index (χ1v) is 13.7. The zero-order valence-electron chi connectivity index (χ0n) is 22.8. The summed E-state index contributed by atoms with van der Waals surface area (Å²) in [6.07, 6.45) is 1.33.